The summed E-state index contributed by atoms with van der Waals surface area (Å²) in [6, 6.07) is 14.1. The molecule has 6 atom stereocenters. The van der Waals surface area contributed by atoms with Crippen molar-refractivity contribution in [1.29, 1.82) is 0 Å². The second-order valence-corrected chi connectivity index (χ2v) is 14.2. The Labute approximate surface area is 227 Å². The minimum absolute atomic E-state index is 0.152. The Balaban J connectivity index is 1.18. The standard InChI is InChI=1S/C33H36Br2/c34-27-9-11-29-30-12-10-28(35)20-32(30)33(31(29)19-27,13-1-3-23-15-21-5-7-25(23)17-21)14-2-4-24-16-22-6-8-26(24)18-22/h5-12,19-26H,1-4,13-18H2. The van der Waals surface area contributed by atoms with Gasteiger partial charge in [0.05, 0.1) is 0 Å². The quantitative estimate of drug-likeness (QED) is 0.268. The summed E-state index contributed by atoms with van der Waals surface area (Å²) in [6.45, 7) is 0. The highest BCUT2D eigenvalue weighted by atomic mass is 79.9. The van der Waals surface area contributed by atoms with E-state index in [0.717, 1.165) is 35.5 Å². The fraction of sp³-hybridized carbons (Fsp3) is 0.515. The normalized spacial score (nSPS) is 32.5. The molecule has 2 aromatic rings. The van der Waals surface area contributed by atoms with Crippen LogP contribution in [0.2, 0.25) is 0 Å². The molecule has 0 amide bonds. The summed E-state index contributed by atoms with van der Waals surface area (Å²) in [6.07, 6.45) is 23.9. The molecule has 6 unspecified atom stereocenters. The highest BCUT2D eigenvalue weighted by Gasteiger charge is 2.44. The molecule has 2 saturated carbocycles. The number of rotatable bonds is 8. The van der Waals surface area contributed by atoms with Gasteiger partial charge in [0.15, 0.2) is 0 Å². The maximum absolute atomic E-state index is 3.84. The zero-order chi connectivity index (χ0) is 23.6. The maximum atomic E-state index is 3.84. The van der Waals surface area contributed by atoms with E-state index in [1.54, 1.807) is 11.1 Å². The molecule has 35 heavy (non-hydrogen) atoms. The van der Waals surface area contributed by atoms with Crippen LogP contribution in [0.3, 0.4) is 0 Å². The van der Waals surface area contributed by atoms with Gasteiger partial charge in [-0.3, -0.25) is 0 Å². The second-order valence-electron chi connectivity index (χ2n) is 12.3. The van der Waals surface area contributed by atoms with Crippen molar-refractivity contribution >= 4 is 31.9 Å². The minimum atomic E-state index is 0.152. The third-order valence-corrected chi connectivity index (χ3v) is 11.5. The molecule has 5 aliphatic rings. The van der Waals surface area contributed by atoms with Crippen LogP contribution in [0.4, 0.5) is 0 Å². The summed E-state index contributed by atoms with van der Waals surface area (Å²) in [4.78, 5) is 0. The van der Waals surface area contributed by atoms with Crippen LogP contribution >= 0.6 is 31.9 Å². The molecule has 182 valence electrons. The molecule has 2 aromatic carbocycles. The van der Waals surface area contributed by atoms with Gasteiger partial charge in [-0.25, -0.2) is 0 Å². The summed E-state index contributed by atoms with van der Waals surface area (Å²) in [5.41, 5.74) is 6.27. The Morgan fingerprint density at radius 1 is 0.629 bits per heavy atom. The van der Waals surface area contributed by atoms with E-state index in [1.165, 1.54) is 84.3 Å². The molecule has 0 radical (unpaired) electrons. The SMILES string of the molecule is Brc1ccc2c(c1)C(CCCC1CC3C=CC1C3)(CCCC1CC3C=CC1C3)c1cc(Br)ccc1-2. The van der Waals surface area contributed by atoms with Crippen LogP contribution in [0.5, 0.6) is 0 Å². The summed E-state index contributed by atoms with van der Waals surface area (Å²) in [5.74, 6) is 5.35. The highest BCUT2D eigenvalue weighted by molar-refractivity contribution is 9.10. The van der Waals surface area contributed by atoms with Gasteiger partial charge in [-0.2, -0.15) is 0 Å². The Hall–Kier alpha value is -1.12. The van der Waals surface area contributed by atoms with E-state index in [-0.39, 0.29) is 5.41 Å². The van der Waals surface area contributed by atoms with Gasteiger partial charge in [0.2, 0.25) is 0 Å². The number of allylic oxidation sites excluding steroid dienone is 4. The molecule has 7 rings (SSSR count). The number of hydrogen-bond donors (Lipinski definition) is 0. The van der Waals surface area contributed by atoms with Crippen LogP contribution in [0.1, 0.15) is 75.3 Å². The van der Waals surface area contributed by atoms with E-state index in [9.17, 15) is 0 Å². The minimum Gasteiger partial charge on any atom is -0.0851 e. The first kappa shape index (κ1) is 23.0. The van der Waals surface area contributed by atoms with Crippen molar-refractivity contribution in [2.24, 2.45) is 35.5 Å². The molecular formula is C33H36Br2. The fourth-order valence-corrected chi connectivity index (χ4v) is 9.61. The Bertz CT molecular complexity index is 1100. The zero-order valence-corrected chi connectivity index (χ0v) is 23.7. The van der Waals surface area contributed by atoms with Gasteiger partial charge < -0.3 is 0 Å². The smallest absolute Gasteiger partial charge is 0.0216 e. The van der Waals surface area contributed by atoms with Crippen molar-refractivity contribution in [2.45, 2.75) is 69.6 Å². The fourth-order valence-electron chi connectivity index (χ4n) is 8.89. The first-order valence-corrected chi connectivity index (χ1v) is 15.6. The highest BCUT2D eigenvalue weighted by Crippen LogP contribution is 2.56. The van der Waals surface area contributed by atoms with Crippen LogP contribution in [0.15, 0.2) is 69.6 Å². The van der Waals surface area contributed by atoms with Crippen LogP contribution in [0.25, 0.3) is 11.1 Å². The molecular weight excluding hydrogens is 556 g/mol. The van der Waals surface area contributed by atoms with Crippen molar-refractivity contribution < 1.29 is 0 Å². The molecule has 4 bridgehead atoms. The summed E-state index contributed by atoms with van der Waals surface area (Å²) in [5, 5.41) is 0. The van der Waals surface area contributed by atoms with E-state index in [2.05, 4.69) is 92.6 Å². The van der Waals surface area contributed by atoms with E-state index in [4.69, 9.17) is 0 Å². The third-order valence-electron chi connectivity index (χ3n) is 10.5. The maximum Gasteiger partial charge on any atom is 0.0216 e. The van der Waals surface area contributed by atoms with Crippen LogP contribution in [-0.4, -0.2) is 0 Å². The molecule has 2 heteroatoms. The number of halogens is 2. The molecule has 0 saturated heterocycles. The average Bonchev–Trinajstić information content (AvgIpc) is 3.67. The molecule has 0 aromatic heterocycles. The lowest BCUT2D eigenvalue weighted by atomic mass is 9.69. The first-order chi connectivity index (χ1) is 17.1. The second kappa shape index (κ2) is 9.02. The molecule has 5 aliphatic carbocycles. The predicted octanol–water partition coefficient (Wildman–Crippen LogP) is 10.2. The average molecular weight is 592 g/mol. The van der Waals surface area contributed by atoms with E-state index in [1.807, 2.05) is 0 Å². The van der Waals surface area contributed by atoms with Crippen LogP contribution in [-0.2, 0) is 5.41 Å². The number of hydrogen-bond acceptors (Lipinski definition) is 0. The van der Waals surface area contributed by atoms with Gasteiger partial charge in [0.1, 0.15) is 0 Å². The van der Waals surface area contributed by atoms with E-state index < -0.39 is 0 Å². The monoisotopic (exact) mass is 590 g/mol. The molecule has 0 nitrogen and oxygen atoms in total. The van der Waals surface area contributed by atoms with Crippen molar-refractivity contribution in [2.75, 3.05) is 0 Å². The van der Waals surface area contributed by atoms with Crippen molar-refractivity contribution in [3.63, 3.8) is 0 Å². The number of benzene rings is 2. The molecule has 2 fully saturated rings. The van der Waals surface area contributed by atoms with Gasteiger partial charge in [0.25, 0.3) is 0 Å². The van der Waals surface area contributed by atoms with Crippen molar-refractivity contribution in [3.05, 3.63) is 80.8 Å². The largest absolute Gasteiger partial charge is 0.0851 e. The van der Waals surface area contributed by atoms with E-state index >= 15 is 0 Å². The lowest BCUT2D eigenvalue weighted by molar-refractivity contribution is 0.332. The van der Waals surface area contributed by atoms with Gasteiger partial charge in [-0.1, -0.05) is 81.1 Å². The number of fused-ring (bicyclic) bond motifs is 7. The van der Waals surface area contributed by atoms with Gasteiger partial charge in [-0.15, -0.1) is 0 Å². The molecule has 0 spiro atoms. The first-order valence-electron chi connectivity index (χ1n) is 14.1. The lowest BCUT2D eigenvalue weighted by Gasteiger charge is -2.34. The van der Waals surface area contributed by atoms with Gasteiger partial charge in [0, 0.05) is 14.4 Å². The van der Waals surface area contributed by atoms with Crippen molar-refractivity contribution in [1.82, 2.24) is 0 Å². The van der Waals surface area contributed by atoms with Gasteiger partial charge >= 0.3 is 0 Å². The zero-order valence-electron chi connectivity index (χ0n) is 20.6. The molecule has 0 N–H and O–H groups in total. The summed E-state index contributed by atoms with van der Waals surface area (Å²) >= 11 is 7.68. The van der Waals surface area contributed by atoms with Gasteiger partial charge in [-0.05, 0) is 133 Å². The summed E-state index contributed by atoms with van der Waals surface area (Å²) < 4.78 is 2.45. The van der Waals surface area contributed by atoms with E-state index in [0.29, 0.717) is 0 Å². The van der Waals surface area contributed by atoms with Crippen LogP contribution < -0.4 is 0 Å². The Morgan fingerprint density at radius 3 is 1.51 bits per heavy atom. The van der Waals surface area contributed by atoms with Crippen molar-refractivity contribution in [3.8, 4) is 11.1 Å². The Morgan fingerprint density at radius 2 is 1.11 bits per heavy atom. The summed E-state index contributed by atoms with van der Waals surface area (Å²) in [7, 11) is 0. The lowest BCUT2D eigenvalue weighted by Crippen LogP contribution is -2.26. The molecule has 0 aliphatic heterocycles. The third kappa shape index (κ3) is 3.97. The molecule has 0 heterocycles. The Kier molecular flexibility index (Phi) is 5.93. The predicted molar refractivity (Wildman–Crippen MR) is 153 cm³/mol. The topological polar surface area (TPSA) is 0 Å². The van der Waals surface area contributed by atoms with Crippen LogP contribution in [0, 0.1) is 35.5 Å².